The molecule has 0 unspecified atom stereocenters. The van der Waals surface area contributed by atoms with Crippen molar-refractivity contribution in [1.29, 1.82) is 0 Å². The Balaban J connectivity index is 2.53. The number of rotatable bonds is 2. The molecular weight excluding hydrogens is 284 g/mol. The number of thiazole rings is 1. The van der Waals surface area contributed by atoms with Gasteiger partial charge in [0.15, 0.2) is 0 Å². The predicted molar refractivity (Wildman–Crippen MR) is 60.1 cm³/mol. The van der Waals surface area contributed by atoms with Crippen molar-refractivity contribution in [2.75, 3.05) is 0 Å². The van der Waals surface area contributed by atoms with Gasteiger partial charge in [0.1, 0.15) is 16.6 Å². The molecule has 0 N–H and O–H groups in total. The fourth-order valence-electron chi connectivity index (χ4n) is 1.19. The minimum atomic E-state index is -0.578. The molecule has 2 rings (SSSR count). The van der Waals surface area contributed by atoms with Crippen LogP contribution in [0.15, 0.2) is 24.4 Å². The number of aromatic nitrogens is 1. The Bertz CT molecular complexity index is 464. The lowest BCUT2D eigenvalue weighted by molar-refractivity contribution is 0.589. The molecule has 0 amide bonds. The zero-order chi connectivity index (χ0) is 10.8. The van der Waals surface area contributed by atoms with E-state index in [0.717, 1.165) is 4.88 Å². The number of hydrogen-bond acceptors (Lipinski definition) is 2. The first-order chi connectivity index (χ1) is 7.22. The van der Waals surface area contributed by atoms with E-state index < -0.39 is 11.6 Å². The number of nitrogens with zero attached hydrogens (tertiary/aromatic N) is 1. The first kappa shape index (κ1) is 10.7. The van der Waals surface area contributed by atoms with Gasteiger partial charge in [-0.2, -0.15) is 0 Å². The summed E-state index contributed by atoms with van der Waals surface area (Å²) in [5, 5.41) is 1.01. The second-order valence-electron chi connectivity index (χ2n) is 2.86. The molecule has 0 aliphatic carbocycles. The molecule has 0 aliphatic heterocycles. The third-order valence-corrected chi connectivity index (χ3v) is 3.85. The average molecular weight is 290 g/mol. The maximum atomic E-state index is 13.4. The molecule has 0 bridgehead atoms. The topological polar surface area (TPSA) is 12.9 Å². The maximum absolute atomic E-state index is 13.4. The van der Waals surface area contributed by atoms with Gasteiger partial charge in [-0.15, -0.1) is 11.3 Å². The van der Waals surface area contributed by atoms with Crippen LogP contribution >= 0.6 is 27.3 Å². The summed E-state index contributed by atoms with van der Waals surface area (Å²) in [5.74, 6) is -1.16. The summed E-state index contributed by atoms with van der Waals surface area (Å²) in [7, 11) is 0. The Kier molecular flexibility index (Phi) is 3.11. The minimum Gasteiger partial charge on any atom is -0.244 e. The van der Waals surface area contributed by atoms with Gasteiger partial charge in [-0.1, -0.05) is 22.0 Å². The first-order valence-corrected chi connectivity index (χ1v) is 6.11. The molecule has 78 valence electrons. The van der Waals surface area contributed by atoms with Crippen molar-refractivity contribution in [3.8, 4) is 10.6 Å². The van der Waals surface area contributed by atoms with Crippen molar-refractivity contribution in [1.82, 2.24) is 4.98 Å². The van der Waals surface area contributed by atoms with Gasteiger partial charge in [-0.05, 0) is 12.1 Å². The van der Waals surface area contributed by atoms with E-state index in [9.17, 15) is 8.78 Å². The van der Waals surface area contributed by atoms with Crippen LogP contribution in [0.2, 0.25) is 0 Å². The van der Waals surface area contributed by atoms with Crippen molar-refractivity contribution in [3.63, 3.8) is 0 Å². The van der Waals surface area contributed by atoms with E-state index in [-0.39, 0.29) is 5.56 Å². The lowest BCUT2D eigenvalue weighted by atomic mass is 10.2. The Morgan fingerprint density at radius 3 is 2.47 bits per heavy atom. The minimum absolute atomic E-state index is 0.0466. The Morgan fingerprint density at radius 2 is 1.93 bits per heavy atom. The zero-order valence-electron chi connectivity index (χ0n) is 7.51. The summed E-state index contributed by atoms with van der Waals surface area (Å²) in [6.07, 6.45) is 1.61. The highest BCUT2D eigenvalue weighted by molar-refractivity contribution is 9.08. The normalized spacial score (nSPS) is 10.6. The van der Waals surface area contributed by atoms with E-state index in [1.165, 1.54) is 29.5 Å². The predicted octanol–water partition coefficient (Wildman–Crippen LogP) is 3.98. The largest absolute Gasteiger partial charge is 0.244 e. The second-order valence-corrected chi connectivity index (χ2v) is 4.54. The smallest absolute Gasteiger partial charge is 0.136 e. The third kappa shape index (κ3) is 2.08. The van der Waals surface area contributed by atoms with Crippen LogP contribution < -0.4 is 0 Å². The standard InChI is InChI=1S/C10H6BrF2NS/c11-4-6-5-14-10(15-6)9-7(12)2-1-3-8(9)13/h1-3,5H,4H2. The molecule has 1 aromatic carbocycles. The molecule has 0 fully saturated rings. The molecule has 2 aromatic rings. The van der Waals surface area contributed by atoms with Gasteiger partial charge in [-0.25, -0.2) is 13.8 Å². The van der Waals surface area contributed by atoms with Crippen molar-refractivity contribution in [2.45, 2.75) is 5.33 Å². The van der Waals surface area contributed by atoms with Crippen LogP contribution in [0.1, 0.15) is 4.88 Å². The van der Waals surface area contributed by atoms with Crippen LogP contribution in [0.3, 0.4) is 0 Å². The van der Waals surface area contributed by atoms with E-state index in [1.807, 2.05) is 0 Å². The fourth-order valence-corrected chi connectivity index (χ4v) is 2.49. The molecule has 1 heterocycles. The van der Waals surface area contributed by atoms with Crippen LogP contribution in [0.25, 0.3) is 10.6 Å². The van der Waals surface area contributed by atoms with Crippen LogP contribution in [-0.2, 0) is 5.33 Å². The Morgan fingerprint density at radius 1 is 1.27 bits per heavy atom. The van der Waals surface area contributed by atoms with Gasteiger partial charge < -0.3 is 0 Å². The highest BCUT2D eigenvalue weighted by Crippen LogP contribution is 2.30. The van der Waals surface area contributed by atoms with Gasteiger partial charge in [0, 0.05) is 16.4 Å². The fraction of sp³-hybridized carbons (Fsp3) is 0.100. The van der Waals surface area contributed by atoms with E-state index in [1.54, 1.807) is 6.20 Å². The zero-order valence-corrected chi connectivity index (χ0v) is 9.91. The number of hydrogen-bond donors (Lipinski definition) is 0. The van der Waals surface area contributed by atoms with E-state index in [0.29, 0.717) is 10.3 Å². The molecule has 5 heteroatoms. The lowest BCUT2D eigenvalue weighted by Gasteiger charge is -1.99. The summed E-state index contributed by atoms with van der Waals surface area (Å²) in [5.41, 5.74) is -0.0466. The van der Waals surface area contributed by atoms with Crippen molar-refractivity contribution in [2.24, 2.45) is 0 Å². The summed E-state index contributed by atoms with van der Waals surface area (Å²) in [6.45, 7) is 0. The van der Waals surface area contributed by atoms with Crippen LogP contribution in [0, 0.1) is 11.6 Å². The molecular formula is C10H6BrF2NS. The van der Waals surface area contributed by atoms with Crippen molar-refractivity contribution < 1.29 is 8.78 Å². The van der Waals surface area contributed by atoms with Gasteiger partial charge in [0.25, 0.3) is 0 Å². The van der Waals surface area contributed by atoms with Gasteiger partial charge in [0.05, 0.1) is 5.56 Å². The Labute approximate surface area is 97.9 Å². The molecule has 0 spiro atoms. The van der Waals surface area contributed by atoms with E-state index in [2.05, 4.69) is 20.9 Å². The van der Waals surface area contributed by atoms with Crippen molar-refractivity contribution >= 4 is 27.3 Å². The van der Waals surface area contributed by atoms with Gasteiger partial charge in [-0.3, -0.25) is 0 Å². The molecule has 0 saturated carbocycles. The van der Waals surface area contributed by atoms with E-state index >= 15 is 0 Å². The third-order valence-electron chi connectivity index (χ3n) is 1.86. The van der Waals surface area contributed by atoms with Gasteiger partial charge in [0.2, 0.25) is 0 Å². The van der Waals surface area contributed by atoms with Crippen molar-refractivity contribution in [3.05, 3.63) is 40.9 Å². The molecule has 0 saturated heterocycles. The van der Waals surface area contributed by atoms with Crippen LogP contribution in [0.5, 0.6) is 0 Å². The van der Waals surface area contributed by atoms with Crippen LogP contribution in [0.4, 0.5) is 8.78 Å². The molecule has 15 heavy (non-hydrogen) atoms. The first-order valence-electron chi connectivity index (χ1n) is 4.17. The number of alkyl halides is 1. The summed E-state index contributed by atoms with van der Waals surface area (Å²) < 4.78 is 26.7. The molecule has 0 atom stereocenters. The summed E-state index contributed by atoms with van der Waals surface area (Å²) >= 11 is 4.54. The average Bonchev–Trinajstić information content (AvgIpc) is 2.66. The molecule has 1 aromatic heterocycles. The van der Waals surface area contributed by atoms with E-state index in [4.69, 9.17) is 0 Å². The Hall–Kier alpha value is -0.810. The lowest BCUT2D eigenvalue weighted by Crippen LogP contribution is -1.87. The highest BCUT2D eigenvalue weighted by Gasteiger charge is 2.14. The molecule has 0 aliphatic rings. The number of halogens is 3. The highest BCUT2D eigenvalue weighted by atomic mass is 79.9. The van der Waals surface area contributed by atoms with Crippen LogP contribution in [-0.4, -0.2) is 4.98 Å². The maximum Gasteiger partial charge on any atom is 0.136 e. The SMILES string of the molecule is Fc1cccc(F)c1-c1ncc(CBr)s1. The summed E-state index contributed by atoms with van der Waals surface area (Å²) in [4.78, 5) is 4.93. The number of benzene rings is 1. The monoisotopic (exact) mass is 289 g/mol. The molecule has 0 radical (unpaired) electrons. The quantitative estimate of drug-likeness (QED) is 0.762. The second kappa shape index (κ2) is 4.37. The molecule has 1 nitrogen and oxygen atoms in total. The van der Waals surface area contributed by atoms with Gasteiger partial charge >= 0.3 is 0 Å². The summed E-state index contributed by atoms with van der Waals surface area (Å²) in [6, 6.07) is 3.80.